The summed E-state index contributed by atoms with van der Waals surface area (Å²) in [6.07, 6.45) is -0.850. The Morgan fingerprint density at radius 1 is 0.460 bits per heavy atom. The van der Waals surface area contributed by atoms with E-state index in [0.29, 0.717) is 22.3 Å². The van der Waals surface area contributed by atoms with Crippen LogP contribution < -0.4 is 26.6 Å². The summed E-state index contributed by atoms with van der Waals surface area (Å²) in [5.41, 5.74) is -0.602. The van der Waals surface area contributed by atoms with E-state index in [1.54, 1.807) is 34.6 Å². The third-order valence-corrected chi connectivity index (χ3v) is 10.3. The Labute approximate surface area is 368 Å². The van der Waals surface area contributed by atoms with Crippen LogP contribution in [-0.4, -0.2) is 72.0 Å². The van der Waals surface area contributed by atoms with Crippen molar-refractivity contribution in [2.75, 3.05) is 19.6 Å². The number of benzene rings is 5. The third-order valence-electron chi connectivity index (χ3n) is 10.3. The number of hydrogen-bond donors (Lipinski definition) is 5. The first-order valence-corrected chi connectivity index (χ1v) is 20.6. The molecule has 13 heteroatoms. The summed E-state index contributed by atoms with van der Waals surface area (Å²) >= 11 is 0. The number of rotatable bonds is 18. The van der Waals surface area contributed by atoms with E-state index in [0.717, 1.165) is 5.56 Å². The molecule has 5 aromatic carbocycles. The molecule has 0 aliphatic heterocycles. The number of carbonyl (C=O) groups excluding carboxylic acids is 6. The van der Waals surface area contributed by atoms with Crippen LogP contribution in [0.3, 0.4) is 0 Å². The largest absolute Gasteiger partial charge is 0.459 e. The van der Waals surface area contributed by atoms with E-state index in [2.05, 4.69) is 26.6 Å². The lowest BCUT2D eigenvalue weighted by Crippen LogP contribution is -2.62. The van der Waals surface area contributed by atoms with Crippen LogP contribution in [0.1, 0.15) is 74.3 Å². The lowest BCUT2D eigenvalue weighted by molar-refractivity contribution is -0.155. The molecule has 0 unspecified atom stereocenters. The Kier molecular flexibility index (Phi) is 16.0. The van der Waals surface area contributed by atoms with Gasteiger partial charge in [0.1, 0.15) is 29.8 Å². The minimum atomic E-state index is -1.70. The Morgan fingerprint density at radius 2 is 0.825 bits per heavy atom. The van der Waals surface area contributed by atoms with Crippen LogP contribution in [-0.2, 0) is 40.1 Å². The maximum absolute atomic E-state index is 14.4. The van der Waals surface area contributed by atoms with Gasteiger partial charge >= 0.3 is 12.1 Å². The summed E-state index contributed by atoms with van der Waals surface area (Å²) in [4.78, 5) is 81.9. The molecular weight excluding hydrogens is 799 g/mol. The molecule has 0 fully saturated rings. The number of alkyl carbamates (subject to hydrolysis) is 1. The quantitative estimate of drug-likeness (QED) is 0.0676. The van der Waals surface area contributed by atoms with Crippen LogP contribution in [0, 0.1) is 0 Å². The highest BCUT2D eigenvalue weighted by Gasteiger charge is 2.46. The lowest BCUT2D eigenvalue weighted by atomic mass is 9.75. The van der Waals surface area contributed by atoms with E-state index in [9.17, 15) is 28.8 Å². The fourth-order valence-corrected chi connectivity index (χ4v) is 7.42. The van der Waals surface area contributed by atoms with Gasteiger partial charge in [0, 0.05) is 11.8 Å². The van der Waals surface area contributed by atoms with Crippen molar-refractivity contribution in [3.63, 3.8) is 0 Å². The third kappa shape index (κ3) is 13.1. The topological polar surface area (TPSA) is 181 Å². The monoisotopic (exact) mass is 853 g/mol. The van der Waals surface area contributed by atoms with Crippen molar-refractivity contribution in [2.45, 2.75) is 69.7 Å². The average molecular weight is 854 g/mol. The highest BCUT2D eigenvalue weighted by Crippen LogP contribution is 2.37. The molecule has 63 heavy (non-hydrogen) atoms. The van der Waals surface area contributed by atoms with Gasteiger partial charge in [-0.05, 0) is 62.4 Å². The second-order valence-corrected chi connectivity index (χ2v) is 16.4. The molecule has 0 aliphatic rings. The Hall–Kier alpha value is -7.28. The van der Waals surface area contributed by atoms with Crippen molar-refractivity contribution in [1.29, 1.82) is 0 Å². The molecule has 5 N–H and O–H groups in total. The van der Waals surface area contributed by atoms with Gasteiger partial charge < -0.3 is 36.1 Å². The van der Waals surface area contributed by atoms with Gasteiger partial charge in [-0.1, -0.05) is 152 Å². The van der Waals surface area contributed by atoms with Gasteiger partial charge in [-0.2, -0.15) is 0 Å². The standard InChI is InChI=1S/C50H55N5O8/c1-48(2,3)63-42(58)33-53-45(59)49(4,43(36-23-13-7-14-24-36)37-25-15-8-16-26-37)54-41(57)32-51-40(56)31-52-46(60)50(5,55-47(61)62-34-35-21-11-6-12-22-35)44(38-27-17-9-18-28-38)39-29-19-10-20-30-39/h6-30,43-44H,31-34H2,1-5H3,(H,51,56)(H,52,60)(H,53,59)(H,54,57)(H,55,61)/t49-,50-/m1/s1. The van der Waals surface area contributed by atoms with Crippen LogP contribution in [0.25, 0.3) is 0 Å². The molecule has 0 spiro atoms. The van der Waals surface area contributed by atoms with E-state index in [4.69, 9.17) is 9.47 Å². The molecular formula is C50H55N5O8. The molecule has 5 aromatic rings. The molecule has 5 rings (SSSR count). The SMILES string of the molecule is CC(C)(C)OC(=O)CNC(=O)[C@](C)(NC(=O)CNC(=O)CNC(=O)[C@](C)(NC(=O)OCc1ccccc1)C(c1ccccc1)c1ccccc1)C(c1ccccc1)c1ccccc1. The molecule has 0 saturated heterocycles. The summed E-state index contributed by atoms with van der Waals surface area (Å²) in [6, 6.07) is 45.7. The van der Waals surface area contributed by atoms with Crippen LogP contribution in [0.2, 0.25) is 0 Å². The van der Waals surface area contributed by atoms with E-state index < -0.39 is 83.8 Å². The molecule has 0 saturated carbocycles. The Balaban J connectivity index is 1.33. The van der Waals surface area contributed by atoms with Crippen molar-refractivity contribution in [3.8, 4) is 0 Å². The molecule has 0 heterocycles. The highest BCUT2D eigenvalue weighted by molar-refractivity contribution is 5.97. The summed E-state index contributed by atoms with van der Waals surface area (Å²) in [6.45, 7) is 6.61. The zero-order chi connectivity index (χ0) is 45.5. The Bertz CT molecular complexity index is 2230. The lowest BCUT2D eigenvalue weighted by Gasteiger charge is -2.38. The second-order valence-electron chi connectivity index (χ2n) is 16.4. The molecule has 2 atom stereocenters. The molecule has 5 amide bonds. The number of hydrogen-bond acceptors (Lipinski definition) is 8. The van der Waals surface area contributed by atoms with E-state index in [1.165, 1.54) is 0 Å². The van der Waals surface area contributed by atoms with Crippen LogP contribution in [0.5, 0.6) is 0 Å². The summed E-state index contributed by atoms with van der Waals surface area (Å²) in [5.74, 6) is -4.95. The van der Waals surface area contributed by atoms with Gasteiger partial charge in [0.15, 0.2) is 0 Å². The number of ether oxygens (including phenoxy) is 2. The number of carbonyl (C=O) groups is 6. The predicted octanol–water partition coefficient (Wildman–Crippen LogP) is 5.90. The normalized spacial score (nSPS) is 13.1. The summed E-state index contributed by atoms with van der Waals surface area (Å²) in [5, 5.41) is 13.5. The van der Waals surface area contributed by atoms with Gasteiger partial charge in [-0.3, -0.25) is 24.0 Å². The first-order valence-electron chi connectivity index (χ1n) is 20.6. The zero-order valence-electron chi connectivity index (χ0n) is 36.2. The van der Waals surface area contributed by atoms with Crippen molar-refractivity contribution in [1.82, 2.24) is 26.6 Å². The van der Waals surface area contributed by atoms with Gasteiger partial charge in [0.2, 0.25) is 23.6 Å². The van der Waals surface area contributed by atoms with Gasteiger partial charge in [-0.25, -0.2) is 4.79 Å². The fraction of sp³-hybridized carbons (Fsp3) is 0.280. The maximum atomic E-state index is 14.4. The molecule has 0 bridgehead atoms. The average Bonchev–Trinajstić information content (AvgIpc) is 3.27. The first-order chi connectivity index (χ1) is 30.1. The molecule has 0 aliphatic carbocycles. The second kappa shape index (κ2) is 21.5. The minimum absolute atomic E-state index is 0.0436. The number of amides is 5. The Morgan fingerprint density at radius 3 is 1.24 bits per heavy atom. The minimum Gasteiger partial charge on any atom is -0.459 e. The van der Waals surface area contributed by atoms with E-state index in [1.807, 2.05) is 152 Å². The van der Waals surface area contributed by atoms with Crippen molar-refractivity contribution in [3.05, 3.63) is 179 Å². The van der Waals surface area contributed by atoms with Crippen molar-refractivity contribution >= 4 is 35.7 Å². The first kappa shape index (κ1) is 46.8. The van der Waals surface area contributed by atoms with Crippen molar-refractivity contribution in [2.24, 2.45) is 0 Å². The highest BCUT2D eigenvalue weighted by atomic mass is 16.6. The summed E-state index contributed by atoms with van der Waals surface area (Å²) in [7, 11) is 0. The molecule has 13 nitrogen and oxygen atoms in total. The van der Waals surface area contributed by atoms with Crippen LogP contribution >= 0.6 is 0 Å². The van der Waals surface area contributed by atoms with E-state index >= 15 is 0 Å². The maximum Gasteiger partial charge on any atom is 0.408 e. The van der Waals surface area contributed by atoms with Crippen LogP contribution in [0.4, 0.5) is 4.79 Å². The summed E-state index contributed by atoms with van der Waals surface area (Å²) < 4.78 is 11.0. The van der Waals surface area contributed by atoms with Gasteiger partial charge in [0.05, 0.1) is 13.1 Å². The predicted molar refractivity (Wildman–Crippen MR) is 239 cm³/mol. The van der Waals surface area contributed by atoms with Gasteiger partial charge in [-0.15, -0.1) is 0 Å². The molecule has 0 radical (unpaired) electrons. The molecule has 0 aromatic heterocycles. The van der Waals surface area contributed by atoms with E-state index in [-0.39, 0.29) is 6.61 Å². The number of esters is 1. The zero-order valence-corrected chi connectivity index (χ0v) is 36.2. The van der Waals surface area contributed by atoms with Crippen molar-refractivity contribution < 1.29 is 38.2 Å². The van der Waals surface area contributed by atoms with Crippen LogP contribution in [0.15, 0.2) is 152 Å². The smallest absolute Gasteiger partial charge is 0.408 e. The number of nitrogens with one attached hydrogen (secondary N) is 5. The molecule has 328 valence electrons. The fourth-order valence-electron chi connectivity index (χ4n) is 7.42. The van der Waals surface area contributed by atoms with Gasteiger partial charge in [0.25, 0.3) is 0 Å².